The van der Waals surface area contributed by atoms with Crippen molar-refractivity contribution in [3.8, 4) is 0 Å². The summed E-state index contributed by atoms with van der Waals surface area (Å²) in [7, 11) is 0. The molecule has 384 valence electrons. The molecule has 0 aromatic heterocycles. The number of guanidine groups is 1. The first-order valence-electron chi connectivity index (χ1n) is 24.9. The highest BCUT2D eigenvalue weighted by Crippen LogP contribution is 2.30. The van der Waals surface area contributed by atoms with Crippen molar-refractivity contribution in [2.75, 3.05) is 19.6 Å². The van der Waals surface area contributed by atoms with Gasteiger partial charge in [-0.05, 0) is 68.9 Å². The molecular formula is C50H70N12O9. The summed E-state index contributed by atoms with van der Waals surface area (Å²) in [5.41, 5.74) is 18.0. The smallest absolute Gasteiger partial charge is 0.246 e. The van der Waals surface area contributed by atoms with E-state index in [1.807, 2.05) is 0 Å². The van der Waals surface area contributed by atoms with Crippen LogP contribution in [0.25, 0.3) is 0 Å². The molecule has 71 heavy (non-hydrogen) atoms. The molecule has 2 aromatic rings. The van der Waals surface area contributed by atoms with Gasteiger partial charge in [-0.15, -0.1) is 0 Å². The highest BCUT2D eigenvalue weighted by molar-refractivity contribution is 6.00. The first kappa shape index (κ1) is 53.3. The van der Waals surface area contributed by atoms with Crippen molar-refractivity contribution >= 4 is 59.1 Å². The molecule has 1 aliphatic carbocycles. The molecule has 0 radical (unpaired) electrons. The predicted octanol–water partition coefficient (Wildman–Crippen LogP) is -0.704. The molecule has 8 atom stereocenters. The van der Waals surface area contributed by atoms with Crippen molar-refractivity contribution in [2.45, 2.75) is 152 Å². The van der Waals surface area contributed by atoms with E-state index >= 15 is 0 Å². The summed E-state index contributed by atoms with van der Waals surface area (Å²) >= 11 is 0. The van der Waals surface area contributed by atoms with Crippen LogP contribution in [0.4, 0.5) is 0 Å². The molecular weight excluding hydrogens is 913 g/mol. The molecule has 3 saturated heterocycles. The third-order valence-corrected chi connectivity index (χ3v) is 13.8. The summed E-state index contributed by atoms with van der Waals surface area (Å²) in [6, 6.07) is 7.67. The first-order valence-corrected chi connectivity index (χ1v) is 24.9. The second-order valence-corrected chi connectivity index (χ2v) is 19.2. The second kappa shape index (κ2) is 25.7. The molecule has 4 fully saturated rings. The molecule has 9 amide bonds. The lowest BCUT2D eigenvalue weighted by Crippen LogP contribution is -2.61. The van der Waals surface area contributed by atoms with Gasteiger partial charge in [0.05, 0.1) is 6.42 Å². The maximum absolute atomic E-state index is 14.7. The fourth-order valence-corrected chi connectivity index (χ4v) is 10.0. The summed E-state index contributed by atoms with van der Waals surface area (Å²) in [4.78, 5) is 135. The van der Waals surface area contributed by atoms with Crippen molar-refractivity contribution in [2.24, 2.45) is 28.1 Å². The Hall–Kier alpha value is -7.06. The van der Waals surface area contributed by atoms with Crippen molar-refractivity contribution in [3.63, 3.8) is 0 Å². The monoisotopic (exact) mass is 983 g/mol. The summed E-state index contributed by atoms with van der Waals surface area (Å²) in [6.07, 6.45) is 5.99. The number of hydrogen-bond donors (Lipinski definition) is 9. The van der Waals surface area contributed by atoms with Crippen LogP contribution in [-0.4, -0.2) is 137 Å². The summed E-state index contributed by atoms with van der Waals surface area (Å²) in [5, 5.41) is 16.4. The molecule has 3 aliphatic heterocycles. The number of primary amides is 1. The highest BCUT2D eigenvalue weighted by atomic mass is 16.2. The number of amides is 9. The third-order valence-electron chi connectivity index (χ3n) is 13.8. The molecule has 12 N–H and O–H groups in total. The number of benzene rings is 2. The van der Waals surface area contributed by atoms with E-state index in [9.17, 15) is 43.2 Å². The van der Waals surface area contributed by atoms with Gasteiger partial charge in [-0.25, -0.2) is 0 Å². The Kier molecular flexibility index (Phi) is 19.3. The zero-order chi connectivity index (χ0) is 51.0. The van der Waals surface area contributed by atoms with Crippen LogP contribution in [-0.2, 0) is 56.0 Å². The molecule has 0 bridgehead atoms. The fraction of sp³-hybridized carbons (Fsp3) is 0.560. The minimum atomic E-state index is -1.61. The van der Waals surface area contributed by atoms with Gasteiger partial charge in [0.15, 0.2) is 5.96 Å². The number of nitrogens with zero attached hydrogens (tertiary/aromatic N) is 3. The average molecular weight is 983 g/mol. The third kappa shape index (κ3) is 15.2. The van der Waals surface area contributed by atoms with Crippen LogP contribution in [0.1, 0.15) is 102 Å². The van der Waals surface area contributed by atoms with Crippen LogP contribution in [0.15, 0.2) is 65.7 Å². The molecule has 21 nitrogen and oxygen atoms in total. The standard InChI is InChI=1S/C50H70N12O9/c1-30-42(64)60-38(28-33-18-9-4-10-19-33)48(70)62-25-13-22-40(62)49(71)61-24-12-21-39(61)47(69)56-34(20-11-23-54-50(52)53)43(65)57-35(26-31-14-5-2-6-15-31)45(67)58-36(27-32-16-7-3-8-17-32)46(68)59-37(29-41(51)63)44(66)55-30/h2-3,5-8,14-17,30,33-40H,4,9-13,18-29H2,1H3,(H2,51,63)(H,55,66)(H,56,69)(H,57,65)(H,58,67)(H,59,68)(H,60,64)(H4,52,53,54)/t30-,34-,35-,36-,37-,38-,39-,40+/m0/s1. The Balaban J connectivity index is 1.38. The molecule has 6 rings (SSSR count). The van der Waals surface area contributed by atoms with Gasteiger partial charge in [-0.1, -0.05) is 92.8 Å². The Morgan fingerprint density at radius 2 is 1.04 bits per heavy atom. The fourth-order valence-electron chi connectivity index (χ4n) is 10.0. The van der Waals surface area contributed by atoms with Crippen LogP contribution >= 0.6 is 0 Å². The van der Waals surface area contributed by atoms with Gasteiger partial charge in [0.1, 0.15) is 48.3 Å². The quantitative estimate of drug-likeness (QED) is 0.0728. The Labute approximate surface area is 414 Å². The molecule has 0 spiro atoms. The second-order valence-electron chi connectivity index (χ2n) is 19.2. The number of nitrogens with two attached hydrogens (primary N) is 3. The van der Waals surface area contributed by atoms with Crippen molar-refractivity contribution < 1.29 is 43.2 Å². The molecule has 21 heteroatoms. The first-order chi connectivity index (χ1) is 34.1. The zero-order valence-corrected chi connectivity index (χ0v) is 40.4. The summed E-state index contributed by atoms with van der Waals surface area (Å²) in [5.74, 6) is -6.53. The van der Waals surface area contributed by atoms with E-state index in [4.69, 9.17) is 17.2 Å². The van der Waals surface area contributed by atoms with Crippen LogP contribution in [0.5, 0.6) is 0 Å². The van der Waals surface area contributed by atoms with Crippen molar-refractivity contribution in [1.29, 1.82) is 0 Å². The number of hydrogen-bond acceptors (Lipinski definition) is 10. The Morgan fingerprint density at radius 3 is 1.61 bits per heavy atom. The average Bonchev–Trinajstić information content (AvgIpc) is 4.06. The van der Waals surface area contributed by atoms with E-state index in [0.717, 1.165) is 32.1 Å². The largest absolute Gasteiger partial charge is 0.370 e. The maximum Gasteiger partial charge on any atom is 0.246 e. The van der Waals surface area contributed by atoms with E-state index < -0.39 is 108 Å². The number of rotatable bonds is 12. The lowest BCUT2D eigenvalue weighted by Gasteiger charge is -2.35. The van der Waals surface area contributed by atoms with Gasteiger partial charge in [0, 0.05) is 32.5 Å². The van der Waals surface area contributed by atoms with E-state index in [0.29, 0.717) is 36.8 Å². The summed E-state index contributed by atoms with van der Waals surface area (Å²) in [6.45, 7) is 1.97. The zero-order valence-electron chi connectivity index (χ0n) is 40.4. The SMILES string of the molecule is C[C@@H]1NC(=O)[C@H](CC(N)=O)NC(=O)[C@H](Cc2ccccc2)NC(=O)[C@H](Cc2ccccc2)NC(=O)[C@H](CCCN=C(N)N)NC(=O)[C@@H]2CCCN2C(=O)[C@H]2CCCN2C(=O)[C@H](CC2CCCCC2)NC1=O. The number of fused-ring (bicyclic) bond motifs is 2. The molecule has 3 heterocycles. The van der Waals surface area contributed by atoms with Crippen LogP contribution < -0.4 is 49.1 Å². The van der Waals surface area contributed by atoms with E-state index in [-0.39, 0.29) is 63.6 Å². The van der Waals surface area contributed by atoms with Crippen molar-refractivity contribution in [3.05, 3.63) is 71.8 Å². The minimum absolute atomic E-state index is 0.0225. The van der Waals surface area contributed by atoms with Crippen LogP contribution in [0, 0.1) is 5.92 Å². The molecule has 1 saturated carbocycles. The topological polar surface area (TPSA) is 323 Å². The van der Waals surface area contributed by atoms with E-state index in [1.165, 1.54) is 16.7 Å². The molecule has 2 aromatic carbocycles. The van der Waals surface area contributed by atoms with Crippen LogP contribution in [0.2, 0.25) is 0 Å². The van der Waals surface area contributed by atoms with Gasteiger partial charge in [-0.3, -0.25) is 48.1 Å². The maximum atomic E-state index is 14.7. The van der Waals surface area contributed by atoms with Crippen molar-refractivity contribution in [1.82, 2.24) is 41.7 Å². The Morgan fingerprint density at radius 1 is 0.549 bits per heavy atom. The summed E-state index contributed by atoms with van der Waals surface area (Å²) < 4.78 is 0. The van der Waals surface area contributed by atoms with Gasteiger partial charge in [-0.2, -0.15) is 0 Å². The van der Waals surface area contributed by atoms with Gasteiger partial charge in [0.25, 0.3) is 0 Å². The lowest BCUT2D eigenvalue weighted by molar-refractivity contribution is -0.148. The molecule has 0 unspecified atom stereocenters. The molecule has 4 aliphatic rings. The minimum Gasteiger partial charge on any atom is -0.370 e. The van der Waals surface area contributed by atoms with Gasteiger partial charge >= 0.3 is 0 Å². The number of nitrogens with one attached hydrogen (secondary N) is 6. The number of aliphatic imine (C=N–C) groups is 1. The van der Waals surface area contributed by atoms with Gasteiger partial charge < -0.3 is 58.9 Å². The van der Waals surface area contributed by atoms with E-state index in [2.05, 4.69) is 36.9 Å². The van der Waals surface area contributed by atoms with E-state index in [1.54, 1.807) is 60.7 Å². The lowest BCUT2D eigenvalue weighted by atomic mass is 9.84. The highest BCUT2D eigenvalue weighted by Gasteiger charge is 2.45. The number of carbonyl (C=O) groups excluding carboxylic acids is 9. The van der Waals surface area contributed by atoms with Gasteiger partial charge in [0.2, 0.25) is 53.2 Å². The normalized spacial score (nSPS) is 26.9. The van der Waals surface area contributed by atoms with Crippen LogP contribution in [0.3, 0.4) is 0 Å². The number of carbonyl (C=O) groups is 9. The predicted molar refractivity (Wildman–Crippen MR) is 262 cm³/mol. The Bertz CT molecular complexity index is 2260.